The van der Waals surface area contributed by atoms with Crippen LogP contribution >= 0.6 is 0 Å². The monoisotopic (exact) mass is 182 g/mol. The molecule has 1 aromatic rings. The summed E-state index contributed by atoms with van der Waals surface area (Å²) in [5.74, 6) is -0.234. The summed E-state index contributed by atoms with van der Waals surface area (Å²) in [4.78, 5) is 0. The Labute approximate surface area is 78.2 Å². The van der Waals surface area contributed by atoms with Crippen molar-refractivity contribution in [3.8, 4) is 0 Å². The maximum atomic E-state index is 13.3. The lowest BCUT2D eigenvalue weighted by Gasteiger charge is -2.17. The molecule has 1 nitrogen and oxygen atoms in total. The lowest BCUT2D eigenvalue weighted by atomic mass is 9.97. The molecule has 0 radical (unpaired) electrons. The minimum atomic E-state index is -0.851. The van der Waals surface area contributed by atoms with Crippen LogP contribution in [0.2, 0.25) is 0 Å². The minimum absolute atomic E-state index is 0.234. The molecule has 2 heteroatoms. The van der Waals surface area contributed by atoms with E-state index in [4.69, 9.17) is 0 Å². The van der Waals surface area contributed by atoms with Crippen molar-refractivity contribution in [3.05, 3.63) is 35.1 Å². The average Bonchev–Trinajstić information content (AvgIpc) is 1.93. The van der Waals surface area contributed by atoms with Crippen molar-refractivity contribution in [3.63, 3.8) is 0 Å². The first-order chi connectivity index (χ1) is 5.88. The van der Waals surface area contributed by atoms with Gasteiger partial charge in [0, 0.05) is 6.42 Å². The molecule has 0 spiro atoms. The molecule has 72 valence electrons. The summed E-state index contributed by atoms with van der Waals surface area (Å²) in [5, 5.41) is 9.50. The molecule has 0 fully saturated rings. The lowest BCUT2D eigenvalue weighted by molar-refractivity contribution is 0.0800. The van der Waals surface area contributed by atoms with E-state index in [9.17, 15) is 9.50 Å². The minimum Gasteiger partial charge on any atom is -0.390 e. The fourth-order valence-electron chi connectivity index (χ4n) is 1.26. The maximum Gasteiger partial charge on any atom is 0.126 e. The summed E-state index contributed by atoms with van der Waals surface area (Å²) in [5.41, 5.74) is 0.617. The Hall–Kier alpha value is -0.890. The molecule has 0 amide bonds. The molecule has 0 bridgehead atoms. The second-order valence-electron chi connectivity index (χ2n) is 4.08. The van der Waals surface area contributed by atoms with Crippen molar-refractivity contribution in [2.45, 2.75) is 32.8 Å². The molecular formula is C11H15FO. The van der Waals surface area contributed by atoms with Crippen LogP contribution in [0.15, 0.2) is 18.2 Å². The zero-order valence-corrected chi connectivity index (χ0v) is 8.26. The van der Waals surface area contributed by atoms with E-state index in [1.165, 1.54) is 6.07 Å². The first-order valence-corrected chi connectivity index (χ1v) is 4.36. The summed E-state index contributed by atoms with van der Waals surface area (Å²) >= 11 is 0. The SMILES string of the molecule is Cc1ccc(CC(C)(C)O)c(F)c1. The van der Waals surface area contributed by atoms with Crippen LogP contribution < -0.4 is 0 Å². The normalized spacial score (nSPS) is 11.8. The number of rotatable bonds is 2. The quantitative estimate of drug-likeness (QED) is 0.744. The highest BCUT2D eigenvalue weighted by Crippen LogP contribution is 2.16. The molecule has 0 heterocycles. The van der Waals surface area contributed by atoms with E-state index in [-0.39, 0.29) is 5.82 Å². The van der Waals surface area contributed by atoms with Crippen molar-refractivity contribution in [1.29, 1.82) is 0 Å². The van der Waals surface area contributed by atoms with Gasteiger partial charge in [0.2, 0.25) is 0 Å². The van der Waals surface area contributed by atoms with Gasteiger partial charge in [-0.2, -0.15) is 0 Å². The molecule has 13 heavy (non-hydrogen) atoms. The summed E-state index contributed by atoms with van der Waals surface area (Å²) < 4.78 is 13.3. The molecular weight excluding hydrogens is 167 g/mol. The van der Waals surface area contributed by atoms with E-state index in [1.807, 2.05) is 13.0 Å². The van der Waals surface area contributed by atoms with Gasteiger partial charge in [0.05, 0.1) is 5.60 Å². The van der Waals surface area contributed by atoms with E-state index in [0.717, 1.165) is 5.56 Å². The second kappa shape index (κ2) is 3.46. The Balaban J connectivity index is 2.90. The molecule has 0 saturated heterocycles. The first-order valence-electron chi connectivity index (χ1n) is 4.36. The molecule has 0 saturated carbocycles. The number of aliphatic hydroxyl groups is 1. The van der Waals surface area contributed by atoms with Gasteiger partial charge in [0.15, 0.2) is 0 Å². The molecule has 0 atom stereocenters. The van der Waals surface area contributed by atoms with Gasteiger partial charge in [-0.25, -0.2) is 4.39 Å². The highest BCUT2D eigenvalue weighted by molar-refractivity contribution is 5.24. The molecule has 0 aromatic heterocycles. The smallest absolute Gasteiger partial charge is 0.126 e. The highest BCUT2D eigenvalue weighted by atomic mass is 19.1. The number of hydrogen-bond acceptors (Lipinski definition) is 1. The van der Waals surface area contributed by atoms with Crippen molar-refractivity contribution in [2.24, 2.45) is 0 Å². The van der Waals surface area contributed by atoms with Crippen LogP contribution in [-0.2, 0) is 6.42 Å². The van der Waals surface area contributed by atoms with Crippen molar-refractivity contribution >= 4 is 0 Å². The van der Waals surface area contributed by atoms with Crippen LogP contribution in [0.25, 0.3) is 0 Å². The Bertz CT molecular complexity index is 299. The number of halogens is 1. The Kier molecular flexibility index (Phi) is 2.71. The van der Waals surface area contributed by atoms with Crippen LogP contribution in [-0.4, -0.2) is 10.7 Å². The molecule has 1 N–H and O–H groups in total. The summed E-state index contributed by atoms with van der Waals surface area (Å²) in [6.07, 6.45) is 0.346. The highest BCUT2D eigenvalue weighted by Gasteiger charge is 2.15. The fourth-order valence-corrected chi connectivity index (χ4v) is 1.26. The van der Waals surface area contributed by atoms with E-state index in [2.05, 4.69) is 0 Å². The molecule has 0 aliphatic heterocycles. The third kappa shape index (κ3) is 3.15. The third-order valence-electron chi connectivity index (χ3n) is 1.83. The van der Waals surface area contributed by atoms with Crippen molar-refractivity contribution in [2.75, 3.05) is 0 Å². The summed E-state index contributed by atoms with van der Waals surface area (Å²) in [6, 6.07) is 5.06. The largest absolute Gasteiger partial charge is 0.390 e. The molecule has 1 rings (SSSR count). The summed E-state index contributed by atoms with van der Waals surface area (Å²) in [7, 11) is 0. The van der Waals surface area contributed by atoms with E-state index < -0.39 is 5.60 Å². The maximum absolute atomic E-state index is 13.3. The van der Waals surface area contributed by atoms with Gasteiger partial charge in [-0.3, -0.25) is 0 Å². The van der Waals surface area contributed by atoms with Crippen molar-refractivity contribution < 1.29 is 9.50 Å². The predicted molar refractivity (Wildman–Crippen MR) is 51.1 cm³/mol. The van der Waals surface area contributed by atoms with Crippen LogP contribution in [0, 0.1) is 12.7 Å². The topological polar surface area (TPSA) is 20.2 Å². The number of benzene rings is 1. The molecule has 0 unspecified atom stereocenters. The van der Waals surface area contributed by atoms with Crippen LogP contribution in [0.4, 0.5) is 4.39 Å². The number of hydrogen-bond donors (Lipinski definition) is 1. The first kappa shape index (κ1) is 10.2. The van der Waals surface area contributed by atoms with Gasteiger partial charge in [0.25, 0.3) is 0 Å². The van der Waals surface area contributed by atoms with Crippen LogP contribution in [0.1, 0.15) is 25.0 Å². The van der Waals surface area contributed by atoms with Gasteiger partial charge in [-0.15, -0.1) is 0 Å². The van der Waals surface area contributed by atoms with Gasteiger partial charge in [-0.1, -0.05) is 12.1 Å². The Morgan fingerprint density at radius 2 is 2.00 bits per heavy atom. The zero-order valence-electron chi connectivity index (χ0n) is 8.26. The average molecular weight is 182 g/mol. The van der Waals surface area contributed by atoms with Gasteiger partial charge in [0.1, 0.15) is 5.82 Å². The Morgan fingerprint density at radius 3 is 2.46 bits per heavy atom. The van der Waals surface area contributed by atoms with Gasteiger partial charge >= 0.3 is 0 Å². The molecule has 1 aromatic carbocycles. The third-order valence-corrected chi connectivity index (χ3v) is 1.83. The number of aryl methyl sites for hydroxylation is 1. The fraction of sp³-hybridized carbons (Fsp3) is 0.455. The van der Waals surface area contributed by atoms with Gasteiger partial charge in [-0.05, 0) is 38.0 Å². The summed E-state index contributed by atoms with van der Waals surface area (Å²) in [6.45, 7) is 5.19. The Morgan fingerprint density at radius 1 is 1.38 bits per heavy atom. The second-order valence-corrected chi connectivity index (χ2v) is 4.08. The van der Waals surface area contributed by atoms with E-state index in [0.29, 0.717) is 12.0 Å². The van der Waals surface area contributed by atoms with E-state index >= 15 is 0 Å². The predicted octanol–water partition coefficient (Wildman–Crippen LogP) is 2.45. The van der Waals surface area contributed by atoms with Crippen LogP contribution in [0.3, 0.4) is 0 Å². The standard InChI is InChI=1S/C11H15FO/c1-8-4-5-9(10(12)6-8)7-11(2,3)13/h4-6,13H,7H2,1-3H3. The molecule has 0 aliphatic carbocycles. The van der Waals surface area contributed by atoms with E-state index in [1.54, 1.807) is 19.9 Å². The van der Waals surface area contributed by atoms with Crippen LogP contribution in [0.5, 0.6) is 0 Å². The lowest BCUT2D eigenvalue weighted by Crippen LogP contribution is -2.22. The van der Waals surface area contributed by atoms with Gasteiger partial charge < -0.3 is 5.11 Å². The zero-order chi connectivity index (χ0) is 10.1. The van der Waals surface area contributed by atoms with Crippen molar-refractivity contribution in [1.82, 2.24) is 0 Å². The molecule has 0 aliphatic rings.